The molecule has 2 heterocycles. The van der Waals surface area contributed by atoms with Crippen molar-refractivity contribution in [1.29, 1.82) is 0 Å². The molecule has 0 bridgehead atoms. The lowest BCUT2D eigenvalue weighted by Gasteiger charge is -2.13. The molecule has 2 aromatic heterocycles. The Balaban J connectivity index is 1.91. The lowest BCUT2D eigenvalue weighted by Crippen LogP contribution is -2.38. The summed E-state index contributed by atoms with van der Waals surface area (Å²) < 4.78 is 16.8. The predicted molar refractivity (Wildman–Crippen MR) is 109 cm³/mol. The molecule has 0 N–H and O–H groups in total. The third-order valence-corrected chi connectivity index (χ3v) is 5.55. The standard InChI is InChI=1S/C20H14FN3O4S/c1-12-2-5-15(10-16(12)21)23-19(25)18-17(8-9-29-18)22(20(23)26)11-13-3-6-14(7-4-13)24(27)28/h2-10H,11H2,1H3. The van der Waals surface area contributed by atoms with Gasteiger partial charge in [0, 0.05) is 12.1 Å². The summed E-state index contributed by atoms with van der Waals surface area (Å²) in [5.41, 5.74) is 0.506. The SMILES string of the molecule is Cc1ccc(-n2c(=O)c3sccc3n(Cc3ccc([N+](=O)[O-])cc3)c2=O)cc1F. The van der Waals surface area contributed by atoms with Crippen molar-refractivity contribution in [3.8, 4) is 5.69 Å². The molecule has 0 radical (unpaired) electrons. The molecule has 0 fully saturated rings. The molecule has 4 aromatic rings. The zero-order chi connectivity index (χ0) is 20.7. The van der Waals surface area contributed by atoms with Crippen LogP contribution >= 0.6 is 11.3 Å². The first-order valence-corrected chi connectivity index (χ1v) is 9.47. The Morgan fingerprint density at radius 1 is 1.10 bits per heavy atom. The third kappa shape index (κ3) is 3.25. The van der Waals surface area contributed by atoms with Gasteiger partial charge < -0.3 is 0 Å². The summed E-state index contributed by atoms with van der Waals surface area (Å²) in [4.78, 5) is 36.4. The van der Waals surface area contributed by atoms with Gasteiger partial charge in [-0.25, -0.2) is 13.8 Å². The maximum Gasteiger partial charge on any atom is 0.336 e. The zero-order valence-electron chi connectivity index (χ0n) is 15.2. The van der Waals surface area contributed by atoms with Crippen LogP contribution in [0.25, 0.3) is 15.9 Å². The molecule has 29 heavy (non-hydrogen) atoms. The minimum Gasteiger partial charge on any atom is -0.288 e. The minimum atomic E-state index is -0.609. The highest BCUT2D eigenvalue weighted by Gasteiger charge is 2.17. The fourth-order valence-electron chi connectivity index (χ4n) is 3.09. The number of thiophene rings is 1. The van der Waals surface area contributed by atoms with Crippen molar-refractivity contribution in [1.82, 2.24) is 9.13 Å². The quantitative estimate of drug-likeness (QED) is 0.379. The Hall–Kier alpha value is -3.59. The Kier molecular flexibility index (Phi) is 4.59. The van der Waals surface area contributed by atoms with Crippen LogP contribution in [0.1, 0.15) is 11.1 Å². The molecule has 0 atom stereocenters. The van der Waals surface area contributed by atoms with Gasteiger partial charge in [-0.15, -0.1) is 11.3 Å². The van der Waals surface area contributed by atoms with E-state index in [-0.39, 0.29) is 17.9 Å². The second-order valence-electron chi connectivity index (χ2n) is 6.50. The number of nitro groups is 1. The summed E-state index contributed by atoms with van der Waals surface area (Å²) in [6.45, 7) is 1.70. The molecule has 0 saturated heterocycles. The van der Waals surface area contributed by atoms with E-state index >= 15 is 0 Å². The van der Waals surface area contributed by atoms with E-state index in [1.807, 2.05) is 0 Å². The van der Waals surface area contributed by atoms with E-state index in [4.69, 9.17) is 0 Å². The number of aromatic nitrogens is 2. The normalized spacial score (nSPS) is 11.1. The minimum absolute atomic E-state index is 0.0538. The van der Waals surface area contributed by atoms with Crippen molar-refractivity contribution in [3.05, 3.63) is 102 Å². The fourth-order valence-corrected chi connectivity index (χ4v) is 3.92. The van der Waals surface area contributed by atoms with Gasteiger partial charge in [-0.05, 0) is 41.6 Å². The summed E-state index contributed by atoms with van der Waals surface area (Å²) in [5, 5.41) is 12.5. The van der Waals surface area contributed by atoms with Crippen LogP contribution in [-0.4, -0.2) is 14.1 Å². The number of non-ortho nitro benzene ring substituents is 1. The van der Waals surface area contributed by atoms with Crippen LogP contribution in [0, 0.1) is 22.9 Å². The molecule has 0 spiro atoms. The highest BCUT2D eigenvalue weighted by molar-refractivity contribution is 7.17. The van der Waals surface area contributed by atoms with Gasteiger partial charge in [-0.1, -0.05) is 18.2 Å². The Labute approximate surface area is 167 Å². The van der Waals surface area contributed by atoms with Crippen LogP contribution in [0.2, 0.25) is 0 Å². The molecule has 9 heteroatoms. The van der Waals surface area contributed by atoms with Crippen LogP contribution < -0.4 is 11.2 Å². The second-order valence-corrected chi connectivity index (χ2v) is 7.42. The molecule has 0 saturated carbocycles. The molecular weight excluding hydrogens is 397 g/mol. The van der Waals surface area contributed by atoms with Gasteiger partial charge in [-0.3, -0.25) is 19.5 Å². The number of hydrogen-bond donors (Lipinski definition) is 0. The number of aryl methyl sites for hydroxylation is 1. The van der Waals surface area contributed by atoms with Crippen molar-refractivity contribution in [3.63, 3.8) is 0 Å². The van der Waals surface area contributed by atoms with Crippen molar-refractivity contribution >= 4 is 27.2 Å². The van der Waals surface area contributed by atoms with Crippen LogP contribution in [0.5, 0.6) is 0 Å². The molecule has 0 aliphatic rings. The van der Waals surface area contributed by atoms with Crippen molar-refractivity contribution in [2.75, 3.05) is 0 Å². The van der Waals surface area contributed by atoms with Gasteiger partial charge in [-0.2, -0.15) is 0 Å². The topological polar surface area (TPSA) is 87.1 Å². The summed E-state index contributed by atoms with van der Waals surface area (Å²) in [6.07, 6.45) is 0. The van der Waals surface area contributed by atoms with Crippen LogP contribution in [0.4, 0.5) is 10.1 Å². The van der Waals surface area contributed by atoms with E-state index in [2.05, 4.69) is 0 Å². The number of nitrogens with zero attached hydrogens (tertiary/aromatic N) is 3. The highest BCUT2D eigenvalue weighted by Crippen LogP contribution is 2.19. The smallest absolute Gasteiger partial charge is 0.288 e. The number of fused-ring (bicyclic) bond motifs is 1. The summed E-state index contributed by atoms with van der Waals surface area (Å²) in [5.74, 6) is -0.512. The summed E-state index contributed by atoms with van der Waals surface area (Å²) in [6, 6.07) is 11.7. The molecule has 2 aromatic carbocycles. The molecular formula is C20H14FN3O4S. The van der Waals surface area contributed by atoms with Gasteiger partial charge in [0.25, 0.3) is 11.2 Å². The average molecular weight is 411 g/mol. The summed E-state index contributed by atoms with van der Waals surface area (Å²) >= 11 is 1.19. The molecule has 146 valence electrons. The Bertz CT molecular complexity index is 1370. The number of hydrogen-bond acceptors (Lipinski definition) is 5. The van der Waals surface area contributed by atoms with Crippen molar-refractivity contribution < 1.29 is 9.31 Å². The van der Waals surface area contributed by atoms with E-state index in [0.29, 0.717) is 21.3 Å². The van der Waals surface area contributed by atoms with E-state index in [9.17, 15) is 24.1 Å². The lowest BCUT2D eigenvalue weighted by molar-refractivity contribution is -0.384. The first kappa shape index (κ1) is 18.8. The zero-order valence-corrected chi connectivity index (χ0v) is 16.0. The predicted octanol–water partition coefficient (Wildman–Crippen LogP) is 3.62. The summed E-state index contributed by atoms with van der Waals surface area (Å²) in [7, 11) is 0. The largest absolute Gasteiger partial charge is 0.336 e. The van der Waals surface area contributed by atoms with Gasteiger partial charge in [0.2, 0.25) is 0 Å². The molecule has 0 amide bonds. The lowest BCUT2D eigenvalue weighted by atomic mass is 10.2. The molecule has 7 nitrogen and oxygen atoms in total. The highest BCUT2D eigenvalue weighted by atomic mass is 32.1. The van der Waals surface area contributed by atoms with Crippen LogP contribution in [0.15, 0.2) is 63.5 Å². The van der Waals surface area contributed by atoms with E-state index in [1.54, 1.807) is 30.5 Å². The van der Waals surface area contributed by atoms with E-state index in [1.165, 1.54) is 40.2 Å². The van der Waals surface area contributed by atoms with E-state index < -0.39 is 22.0 Å². The number of nitro benzene ring substituents is 1. The maximum absolute atomic E-state index is 14.1. The van der Waals surface area contributed by atoms with Gasteiger partial charge in [0.15, 0.2) is 0 Å². The molecule has 0 aliphatic heterocycles. The van der Waals surface area contributed by atoms with Crippen LogP contribution in [0.3, 0.4) is 0 Å². The van der Waals surface area contributed by atoms with Gasteiger partial charge in [0.05, 0.1) is 22.7 Å². The third-order valence-electron chi connectivity index (χ3n) is 4.66. The number of rotatable bonds is 4. The van der Waals surface area contributed by atoms with Crippen LogP contribution in [-0.2, 0) is 6.54 Å². The first-order valence-electron chi connectivity index (χ1n) is 8.60. The monoisotopic (exact) mass is 411 g/mol. The molecule has 0 aliphatic carbocycles. The number of halogens is 1. The van der Waals surface area contributed by atoms with Gasteiger partial charge >= 0.3 is 5.69 Å². The number of benzene rings is 2. The fraction of sp³-hybridized carbons (Fsp3) is 0.100. The maximum atomic E-state index is 14.1. The average Bonchev–Trinajstić information content (AvgIpc) is 3.18. The first-order chi connectivity index (χ1) is 13.9. The second kappa shape index (κ2) is 7.10. The molecule has 0 unspecified atom stereocenters. The Morgan fingerprint density at radius 3 is 2.48 bits per heavy atom. The van der Waals surface area contributed by atoms with Crippen molar-refractivity contribution in [2.45, 2.75) is 13.5 Å². The molecule has 4 rings (SSSR count). The van der Waals surface area contributed by atoms with Gasteiger partial charge in [0.1, 0.15) is 10.5 Å². The Morgan fingerprint density at radius 2 is 1.83 bits per heavy atom. The van der Waals surface area contributed by atoms with E-state index in [0.717, 1.165) is 10.6 Å². The van der Waals surface area contributed by atoms with Crippen molar-refractivity contribution in [2.24, 2.45) is 0 Å².